The number of thiol groups is 1. The van der Waals surface area contributed by atoms with Crippen molar-refractivity contribution in [1.29, 1.82) is 0 Å². The maximum Gasteiger partial charge on any atom is 0.408 e. The molecule has 0 saturated heterocycles. The third-order valence-corrected chi connectivity index (χ3v) is 6.61. The average Bonchev–Trinajstić information content (AvgIpc) is 2.77. The second-order valence-electron chi connectivity index (χ2n) is 10.0. The van der Waals surface area contributed by atoms with E-state index in [1.807, 2.05) is 39.0 Å². The summed E-state index contributed by atoms with van der Waals surface area (Å²) in [4.78, 5) is 41.2. The highest BCUT2D eigenvalue weighted by Gasteiger charge is 2.36. The van der Waals surface area contributed by atoms with Gasteiger partial charge < -0.3 is 20.3 Å². The van der Waals surface area contributed by atoms with Gasteiger partial charge in [0.1, 0.15) is 17.7 Å². The minimum Gasteiger partial charge on any atom is -0.444 e. The topological polar surface area (TPSA) is 87.7 Å². The summed E-state index contributed by atoms with van der Waals surface area (Å²) in [6.07, 6.45) is 4.58. The largest absolute Gasteiger partial charge is 0.444 e. The molecule has 1 aliphatic rings. The lowest BCUT2D eigenvalue weighted by Gasteiger charge is -2.35. The van der Waals surface area contributed by atoms with Gasteiger partial charge in [0.05, 0.1) is 0 Å². The summed E-state index contributed by atoms with van der Waals surface area (Å²) in [6.45, 7) is 11.4. The fourth-order valence-electron chi connectivity index (χ4n) is 4.35. The molecule has 1 aromatic carbocycles. The molecule has 0 aliphatic heterocycles. The second-order valence-corrected chi connectivity index (χ2v) is 10.4. The Morgan fingerprint density at radius 3 is 2.35 bits per heavy atom. The Bertz CT molecular complexity index is 862. The molecule has 7 nitrogen and oxygen atoms in total. The molecule has 0 radical (unpaired) electrons. The number of ether oxygens (including phenoxy) is 1. The molecule has 2 rings (SSSR count). The lowest BCUT2D eigenvalue weighted by Crippen LogP contribution is -2.54. The van der Waals surface area contributed by atoms with Crippen LogP contribution in [0.1, 0.15) is 82.5 Å². The van der Waals surface area contributed by atoms with Gasteiger partial charge in [-0.1, -0.05) is 37.5 Å². The third kappa shape index (κ3) is 7.65. The molecule has 2 atom stereocenters. The van der Waals surface area contributed by atoms with Crippen molar-refractivity contribution < 1.29 is 19.1 Å². The molecule has 0 bridgehead atoms. The Hall–Kier alpha value is -2.22. The number of likely N-dealkylation sites (N-methyl/N-ethyl adjacent to an activating group) is 1. The minimum absolute atomic E-state index is 0.0817. The zero-order chi connectivity index (χ0) is 25.5. The van der Waals surface area contributed by atoms with Crippen LogP contribution in [0.15, 0.2) is 18.2 Å². The molecule has 0 heterocycles. The van der Waals surface area contributed by atoms with E-state index in [0.717, 1.165) is 42.4 Å². The van der Waals surface area contributed by atoms with Crippen molar-refractivity contribution >= 4 is 30.5 Å². The average molecular weight is 492 g/mol. The lowest BCUT2D eigenvalue weighted by atomic mass is 9.92. The normalized spacial score (nSPS) is 16.3. The lowest BCUT2D eigenvalue weighted by molar-refractivity contribution is -0.142. The van der Waals surface area contributed by atoms with Gasteiger partial charge in [-0.3, -0.25) is 9.59 Å². The summed E-state index contributed by atoms with van der Waals surface area (Å²) in [7, 11) is 0. The SMILES string of the molecule is CCN(C(=O)C(CS)NC(=O)OC(C)(C)C)C(C(=O)NC1CCCCC1)c1cccc(C)c1C. The third-order valence-electron chi connectivity index (χ3n) is 6.25. The highest BCUT2D eigenvalue weighted by Crippen LogP contribution is 2.28. The van der Waals surface area contributed by atoms with Crippen LogP contribution in [0.2, 0.25) is 0 Å². The van der Waals surface area contributed by atoms with Crippen molar-refractivity contribution in [2.24, 2.45) is 0 Å². The van der Waals surface area contributed by atoms with Crippen molar-refractivity contribution in [3.8, 4) is 0 Å². The molecule has 3 amide bonds. The first-order valence-corrected chi connectivity index (χ1v) is 12.9. The van der Waals surface area contributed by atoms with E-state index in [0.29, 0.717) is 6.54 Å². The van der Waals surface area contributed by atoms with Gasteiger partial charge in [-0.05, 0) is 71.1 Å². The van der Waals surface area contributed by atoms with Gasteiger partial charge in [-0.25, -0.2) is 4.79 Å². The Kier molecular flexibility index (Phi) is 10.3. The first kappa shape index (κ1) is 28.0. The Labute approximate surface area is 209 Å². The van der Waals surface area contributed by atoms with Gasteiger partial charge in [-0.15, -0.1) is 0 Å². The van der Waals surface area contributed by atoms with E-state index in [1.165, 1.54) is 11.3 Å². The van der Waals surface area contributed by atoms with Gasteiger partial charge in [0, 0.05) is 18.3 Å². The zero-order valence-corrected chi connectivity index (χ0v) is 22.3. The van der Waals surface area contributed by atoms with Crippen LogP contribution in [0.3, 0.4) is 0 Å². The van der Waals surface area contributed by atoms with Crippen LogP contribution in [-0.2, 0) is 14.3 Å². The molecule has 2 unspecified atom stereocenters. The molecule has 1 aromatic rings. The number of benzene rings is 1. The van der Waals surface area contributed by atoms with Crippen molar-refractivity contribution in [1.82, 2.24) is 15.5 Å². The number of nitrogens with one attached hydrogen (secondary N) is 2. The Morgan fingerprint density at radius 2 is 1.79 bits per heavy atom. The number of carbonyl (C=O) groups is 3. The summed E-state index contributed by atoms with van der Waals surface area (Å²) in [6, 6.07) is 4.19. The molecule has 0 spiro atoms. The van der Waals surface area contributed by atoms with Gasteiger partial charge in [0.2, 0.25) is 11.8 Å². The van der Waals surface area contributed by atoms with Crippen LogP contribution in [-0.4, -0.2) is 52.8 Å². The number of nitrogens with zero attached hydrogens (tertiary/aromatic N) is 1. The smallest absolute Gasteiger partial charge is 0.408 e. The molecular formula is C26H41N3O4S. The quantitative estimate of drug-likeness (QED) is 0.469. The molecule has 190 valence electrons. The summed E-state index contributed by atoms with van der Waals surface area (Å²) in [5.74, 6) is -0.475. The fourth-order valence-corrected chi connectivity index (χ4v) is 4.60. The van der Waals surface area contributed by atoms with Gasteiger partial charge in [0.15, 0.2) is 0 Å². The number of carbonyl (C=O) groups excluding carboxylic acids is 3. The summed E-state index contributed by atoms with van der Waals surface area (Å²) < 4.78 is 5.33. The number of aryl methyl sites for hydroxylation is 1. The van der Waals surface area contributed by atoms with Crippen LogP contribution in [0.5, 0.6) is 0 Å². The van der Waals surface area contributed by atoms with Gasteiger partial charge >= 0.3 is 6.09 Å². The van der Waals surface area contributed by atoms with Crippen molar-refractivity contribution in [2.45, 2.75) is 97.4 Å². The first-order chi connectivity index (χ1) is 16.0. The van der Waals surface area contributed by atoms with Crippen molar-refractivity contribution in [3.05, 3.63) is 34.9 Å². The monoisotopic (exact) mass is 491 g/mol. The van der Waals surface area contributed by atoms with E-state index < -0.39 is 23.8 Å². The molecule has 34 heavy (non-hydrogen) atoms. The molecule has 1 aliphatic carbocycles. The summed E-state index contributed by atoms with van der Waals surface area (Å²) in [5, 5.41) is 5.83. The fraction of sp³-hybridized carbons (Fsp3) is 0.654. The summed E-state index contributed by atoms with van der Waals surface area (Å²) in [5.41, 5.74) is 2.12. The van der Waals surface area contributed by atoms with Crippen LogP contribution in [0, 0.1) is 13.8 Å². The van der Waals surface area contributed by atoms with Crippen LogP contribution < -0.4 is 10.6 Å². The van der Waals surface area contributed by atoms with E-state index in [9.17, 15) is 14.4 Å². The van der Waals surface area contributed by atoms with Crippen molar-refractivity contribution in [2.75, 3.05) is 12.3 Å². The maximum atomic E-state index is 13.7. The minimum atomic E-state index is -0.923. The number of hydrogen-bond donors (Lipinski definition) is 3. The Morgan fingerprint density at radius 1 is 1.15 bits per heavy atom. The van der Waals surface area contributed by atoms with Crippen LogP contribution in [0.25, 0.3) is 0 Å². The molecule has 0 aromatic heterocycles. The maximum absolute atomic E-state index is 13.7. The van der Waals surface area contributed by atoms with E-state index in [-0.39, 0.29) is 23.6 Å². The predicted octanol–water partition coefficient (Wildman–Crippen LogP) is 4.47. The van der Waals surface area contributed by atoms with Crippen LogP contribution >= 0.6 is 12.6 Å². The highest BCUT2D eigenvalue weighted by molar-refractivity contribution is 7.80. The van der Waals surface area contributed by atoms with Crippen molar-refractivity contribution in [3.63, 3.8) is 0 Å². The first-order valence-electron chi connectivity index (χ1n) is 12.3. The second kappa shape index (κ2) is 12.5. The highest BCUT2D eigenvalue weighted by atomic mass is 32.1. The summed E-state index contributed by atoms with van der Waals surface area (Å²) >= 11 is 4.31. The number of amides is 3. The molecule has 2 N–H and O–H groups in total. The number of hydrogen-bond acceptors (Lipinski definition) is 5. The van der Waals surface area contributed by atoms with Gasteiger partial charge in [0.25, 0.3) is 0 Å². The predicted molar refractivity (Wildman–Crippen MR) is 138 cm³/mol. The van der Waals surface area contributed by atoms with Crippen LogP contribution in [0.4, 0.5) is 4.79 Å². The Balaban J connectivity index is 2.36. The van der Waals surface area contributed by atoms with E-state index in [2.05, 4.69) is 23.3 Å². The number of alkyl carbamates (subject to hydrolysis) is 1. The molecular weight excluding hydrogens is 450 g/mol. The molecule has 1 fully saturated rings. The standard InChI is InChI=1S/C26H41N3O4S/c1-7-29(24(31)21(16-34)28-25(32)33-26(4,5)6)22(20-15-11-12-17(2)18(20)3)23(30)27-19-13-9-8-10-14-19/h11-12,15,19,21-22,34H,7-10,13-14,16H2,1-6H3,(H,27,30)(H,28,32). The van der Waals surface area contributed by atoms with Gasteiger partial charge in [-0.2, -0.15) is 12.6 Å². The van der Waals surface area contributed by atoms with E-state index >= 15 is 0 Å². The van der Waals surface area contributed by atoms with E-state index in [4.69, 9.17) is 4.74 Å². The molecule has 8 heteroatoms. The van der Waals surface area contributed by atoms with E-state index in [1.54, 1.807) is 20.8 Å². The zero-order valence-electron chi connectivity index (χ0n) is 21.4. The molecule has 1 saturated carbocycles. The number of rotatable bonds is 8.